The summed E-state index contributed by atoms with van der Waals surface area (Å²) in [4.78, 5) is 24.5. The van der Waals surface area contributed by atoms with Crippen molar-refractivity contribution in [3.63, 3.8) is 0 Å². The molecule has 2 rings (SSSR count). The number of aryl methyl sites for hydroxylation is 1. The van der Waals surface area contributed by atoms with E-state index in [1.54, 1.807) is 18.2 Å². The standard InChI is InChI=1S/C14H15N3O3/c1-9-4-5-10(8-15)7-11(9)16-14(20)17-6-2-3-12(17)13(18)19/h4-5,7,12H,2-3,6H2,1H3,(H,16,20)(H,18,19). The van der Waals surface area contributed by atoms with Gasteiger partial charge in [0.1, 0.15) is 6.04 Å². The Morgan fingerprint density at radius 1 is 1.50 bits per heavy atom. The summed E-state index contributed by atoms with van der Waals surface area (Å²) in [5, 5.41) is 20.6. The molecule has 104 valence electrons. The van der Waals surface area contributed by atoms with Crippen molar-refractivity contribution in [1.29, 1.82) is 5.26 Å². The van der Waals surface area contributed by atoms with E-state index in [9.17, 15) is 9.59 Å². The van der Waals surface area contributed by atoms with Crippen molar-refractivity contribution in [2.75, 3.05) is 11.9 Å². The predicted octanol–water partition coefficient (Wildman–Crippen LogP) is 1.95. The molecular weight excluding hydrogens is 258 g/mol. The number of carboxylic acids is 1. The van der Waals surface area contributed by atoms with E-state index < -0.39 is 18.0 Å². The third-order valence-electron chi connectivity index (χ3n) is 3.41. The number of aliphatic carboxylic acids is 1. The van der Waals surface area contributed by atoms with Crippen LogP contribution in [-0.2, 0) is 4.79 Å². The molecule has 20 heavy (non-hydrogen) atoms. The zero-order valence-corrected chi connectivity index (χ0v) is 11.1. The summed E-state index contributed by atoms with van der Waals surface area (Å²) in [6, 6.07) is 5.79. The smallest absolute Gasteiger partial charge is 0.326 e. The summed E-state index contributed by atoms with van der Waals surface area (Å²) in [6.45, 7) is 2.25. The molecule has 0 aliphatic carbocycles. The maximum absolute atomic E-state index is 12.2. The van der Waals surface area contributed by atoms with Crippen LogP contribution in [0.3, 0.4) is 0 Å². The summed E-state index contributed by atoms with van der Waals surface area (Å²) >= 11 is 0. The molecule has 0 spiro atoms. The van der Waals surface area contributed by atoms with Gasteiger partial charge in [-0.05, 0) is 37.5 Å². The number of anilines is 1. The molecule has 6 heteroatoms. The highest BCUT2D eigenvalue weighted by atomic mass is 16.4. The van der Waals surface area contributed by atoms with Gasteiger partial charge in [0.15, 0.2) is 0 Å². The average Bonchev–Trinajstić information content (AvgIpc) is 2.90. The van der Waals surface area contributed by atoms with Crippen LogP contribution < -0.4 is 5.32 Å². The van der Waals surface area contributed by atoms with E-state index in [2.05, 4.69) is 5.32 Å². The second kappa shape index (κ2) is 5.61. The van der Waals surface area contributed by atoms with Crippen molar-refractivity contribution in [2.45, 2.75) is 25.8 Å². The average molecular weight is 273 g/mol. The summed E-state index contributed by atoms with van der Waals surface area (Å²) in [6.07, 6.45) is 1.15. The first kappa shape index (κ1) is 13.9. The van der Waals surface area contributed by atoms with Crippen molar-refractivity contribution >= 4 is 17.7 Å². The number of carbonyl (C=O) groups excluding carboxylic acids is 1. The number of urea groups is 1. The van der Waals surface area contributed by atoms with Gasteiger partial charge in [0.25, 0.3) is 0 Å². The Morgan fingerprint density at radius 2 is 2.25 bits per heavy atom. The molecule has 1 aromatic rings. The number of nitrogens with one attached hydrogen (secondary N) is 1. The van der Waals surface area contributed by atoms with E-state index in [-0.39, 0.29) is 0 Å². The molecule has 1 saturated heterocycles. The van der Waals surface area contributed by atoms with Crippen LogP contribution in [0.25, 0.3) is 0 Å². The number of carbonyl (C=O) groups is 2. The minimum atomic E-state index is -0.986. The molecule has 0 aromatic heterocycles. The summed E-state index contributed by atoms with van der Waals surface area (Å²) in [5.74, 6) is -0.986. The first-order valence-corrected chi connectivity index (χ1v) is 6.34. The van der Waals surface area contributed by atoms with Crippen LogP contribution in [0.1, 0.15) is 24.0 Å². The van der Waals surface area contributed by atoms with Crippen LogP contribution in [0.4, 0.5) is 10.5 Å². The van der Waals surface area contributed by atoms with Crippen LogP contribution in [0, 0.1) is 18.3 Å². The Labute approximate surface area is 116 Å². The number of hydrogen-bond donors (Lipinski definition) is 2. The van der Waals surface area contributed by atoms with Crippen molar-refractivity contribution in [1.82, 2.24) is 4.90 Å². The molecule has 1 aliphatic heterocycles. The van der Waals surface area contributed by atoms with Crippen molar-refractivity contribution in [2.24, 2.45) is 0 Å². The van der Waals surface area contributed by atoms with Gasteiger partial charge in [0.05, 0.1) is 11.6 Å². The predicted molar refractivity (Wildman–Crippen MR) is 72.3 cm³/mol. The molecule has 1 aromatic carbocycles. The number of nitrogens with zero attached hydrogens (tertiary/aromatic N) is 2. The number of benzene rings is 1. The molecule has 1 aliphatic rings. The third kappa shape index (κ3) is 2.72. The van der Waals surface area contributed by atoms with E-state index in [0.29, 0.717) is 30.6 Å². The van der Waals surface area contributed by atoms with E-state index in [1.165, 1.54) is 4.90 Å². The summed E-state index contributed by atoms with van der Waals surface area (Å²) in [5.41, 5.74) is 1.80. The Kier molecular flexibility index (Phi) is 3.89. The first-order valence-electron chi connectivity index (χ1n) is 6.34. The van der Waals surface area contributed by atoms with Gasteiger partial charge in [0, 0.05) is 12.2 Å². The molecule has 6 nitrogen and oxygen atoms in total. The van der Waals surface area contributed by atoms with Gasteiger partial charge >= 0.3 is 12.0 Å². The molecule has 1 fully saturated rings. The Hall–Kier alpha value is -2.55. The highest BCUT2D eigenvalue weighted by Gasteiger charge is 2.34. The van der Waals surface area contributed by atoms with Gasteiger partial charge in [-0.25, -0.2) is 9.59 Å². The van der Waals surface area contributed by atoms with Gasteiger partial charge in [-0.2, -0.15) is 5.26 Å². The van der Waals surface area contributed by atoms with Crippen molar-refractivity contribution in [3.05, 3.63) is 29.3 Å². The topological polar surface area (TPSA) is 93.4 Å². The Balaban J connectivity index is 2.16. The monoisotopic (exact) mass is 273 g/mol. The van der Waals surface area contributed by atoms with E-state index in [0.717, 1.165) is 5.56 Å². The number of amides is 2. The Bertz CT molecular complexity index is 592. The molecule has 0 saturated carbocycles. The Morgan fingerprint density at radius 3 is 2.90 bits per heavy atom. The summed E-state index contributed by atoms with van der Waals surface area (Å²) in [7, 11) is 0. The third-order valence-corrected chi connectivity index (χ3v) is 3.41. The normalized spacial score (nSPS) is 17.6. The van der Waals surface area contributed by atoms with Gasteiger partial charge < -0.3 is 15.3 Å². The van der Waals surface area contributed by atoms with Crippen LogP contribution in [0.2, 0.25) is 0 Å². The number of nitriles is 1. The molecular formula is C14H15N3O3. The number of likely N-dealkylation sites (tertiary alicyclic amines) is 1. The van der Waals surface area contributed by atoms with Crippen LogP contribution in [0.15, 0.2) is 18.2 Å². The van der Waals surface area contributed by atoms with Crippen molar-refractivity contribution in [3.8, 4) is 6.07 Å². The largest absolute Gasteiger partial charge is 0.480 e. The minimum Gasteiger partial charge on any atom is -0.480 e. The van der Waals surface area contributed by atoms with Crippen LogP contribution >= 0.6 is 0 Å². The van der Waals surface area contributed by atoms with E-state index >= 15 is 0 Å². The lowest BCUT2D eigenvalue weighted by molar-refractivity contribution is -0.141. The van der Waals surface area contributed by atoms with Crippen LogP contribution in [0.5, 0.6) is 0 Å². The fourth-order valence-corrected chi connectivity index (χ4v) is 2.28. The van der Waals surface area contributed by atoms with E-state index in [1.807, 2.05) is 13.0 Å². The van der Waals surface area contributed by atoms with Crippen molar-refractivity contribution < 1.29 is 14.7 Å². The molecule has 0 bridgehead atoms. The zero-order valence-electron chi connectivity index (χ0n) is 11.1. The summed E-state index contributed by atoms with van der Waals surface area (Å²) < 4.78 is 0. The number of carboxylic acid groups (broad SMARTS) is 1. The maximum Gasteiger partial charge on any atom is 0.326 e. The number of rotatable bonds is 2. The highest BCUT2D eigenvalue weighted by molar-refractivity contribution is 5.93. The molecule has 0 radical (unpaired) electrons. The van der Waals surface area contributed by atoms with Gasteiger partial charge in [-0.3, -0.25) is 0 Å². The maximum atomic E-state index is 12.2. The van der Waals surface area contributed by atoms with Gasteiger partial charge in [-0.15, -0.1) is 0 Å². The van der Waals surface area contributed by atoms with E-state index in [4.69, 9.17) is 10.4 Å². The first-order chi connectivity index (χ1) is 9.52. The lowest BCUT2D eigenvalue weighted by Gasteiger charge is -2.22. The second-order valence-corrected chi connectivity index (χ2v) is 4.76. The quantitative estimate of drug-likeness (QED) is 0.861. The lowest BCUT2D eigenvalue weighted by Crippen LogP contribution is -2.42. The lowest BCUT2D eigenvalue weighted by atomic mass is 10.1. The van der Waals surface area contributed by atoms with Gasteiger partial charge in [-0.1, -0.05) is 6.07 Å². The SMILES string of the molecule is Cc1ccc(C#N)cc1NC(=O)N1CCCC1C(=O)O. The van der Waals surface area contributed by atoms with Gasteiger partial charge in [0.2, 0.25) is 0 Å². The fraction of sp³-hybridized carbons (Fsp3) is 0.357. The second-order valence-electron chi connectivity index (χ2n) is 4.76. The molecule has 2 amide bonds. The fourth-order valence-electron chi connectivity index (χ4n) is 2.28. The van der Waals surface area contributed by atoms with Crippen LogP contribution in [-0.4, -0.2) is 34.6 Å². The molecule has 1 atom stereocenters. The molecule has 1 heterocycles. The molecule has 1 unspecified atom stereocenters. The number of hydrogen-bond acceptors (Lipinski definition) is 3. The highest BCUT2D eigenvalue weighted by Crippen LogP contribution is 2.21. The zero-order chi connectivity index (χ0) is 14.7. The minimum absolute atomic E-state index is 0.430. The molecule has 2 N–H and O–H groups in total.